The quantitative estimate of drug-likeness (QED) is 0.520. The first kappa shape index (κ1) is 19.9. The SMILES string of the molecule is O=S(=O)(Nc1cnc(N2CCN(c3ccccc3)CC2)nc1)c1ccc(I)cc1. The van der Waals surface area contributed by atoms with Gasteiger partial charge in [0.05, 0.1) is 23.0 Å². The maximum absolute atomic E-state index is 12.5. The first-order chi connectivity index (χ1) is 14.0. The maximum Gasteiger partial charge on any atom is 0.261 e. The van der Waals surface area contributed by atoms with Gasteiger partial charge in [-0.2, -0.15) is 0 Å². The van der Waals surface area contributed by atoms with E-state index in [1.54, 1.807) is 24.3 Å². The van der Waals surface area contributed by atoms with E-state index in [-0.39, 0.29) is 4.90 Å². The van der Waals surface area contributed by atoms with Gasteiger partial charge in [0.1, 0.15) is 0 Å². The molecule has 0 aliphatic carbocycles. The van der Waals surface area contributed by atoms with E-state index in [1.807, 2.05) is 18.2 Å². The van der Waals surface area contributed by atoms with Gasteiger partial charge in [-0.05, 0) is 59.0 Å². The zero-order valence-corrected chi connectivity index (χ0v) is 18.5. The fourth-order valence-electron chi connectivity index (χ4n) is 3.17. The smallest absolute Gasteiger partial charge is 0.261 e. The van der Waals surface area contributed by atoms with Crippen LogP contribution >= 0.6 is 22.6 Å². The second-order valence-corrected chi connectivity index (χ2v) is 9.57. The minimum atomic E-state index is -3.66. The van der Waals surface area contributed by atoms with Gasteiger partial charge in [-0.25, -0.2) is 18.4 Å². The van der Waals surface area contributed by atoms with Crippen LogP contribution in [0.3, 0.4) is 0 Å². The van der Waals surface area contributed by atoms with E-state index in [0.717, 1.165) is 29.7 Å². The Kier molecular flexibility index (Phi) is 5.86. The van der Waals surface area contributed by atoms with Crippen molar-refractivity contribution < 1.29 is 8.42 Å². The van der Waals surface area contributed by atoms with Crippen molar-refractivity contribution in [2.24, 2.45) is 0 Å². The van der Waals surface area contributed by atoms with Crippen molar-refractivity contribution in [1.29, 1.82) is 0 Å². The van der Waals surface area contributed by atoms with E-state index >= 15 is 0 Å². The molecular weight excluding hydrogens is 501 g/mol. The molecule has 1 aliphatic rings. The minimum Gasteiger partial charge on any atom is -0.368 e. The van der Waals surface area contributed by atoms with Crippen molar-refractivity contribution in [3.05, 3.63) is 70.6 Å². The summed E-state index contributed by atoms with van der Waals surface area (Å²) in [5.41, 5.74) is 1.56. The van der Waals surface area contributed by atoms with Crippen LogP contribution in [-0.2, 0) is 10.0 Å². The average Bonchev–Trinajstić information content (AvgIpc) is 2.75. The highest BCUT2D eigenvalue weighted by Crippen LogP contribution is 2.20. The van der Waals surface area contributed by atoms with Crippen molar-refractivity contribution in [3.63, 3.8) is 0 Å². The Balaban J connectivity index is 1.39. The highest BCUT2D eigenvalue weighted by atomic mass is 127. The molecule has 0 saturated carbocycles. The molecule has 1 N–H and O–H groups in total. The molecular formula is C20H20IN5O2S. The lowest BCUT2D eigenvalue weighted by molar-refractivity contribution is 0.601. The van der Waals surface area contributed by atoms with Crippen LogP contribution in [0.2, 0.25) is 0 Å². The lowest BCUT2D eigenvalue weighted by Gasteiger charge is -2.36. The summed E-state index contributed by atoms with van der Waals surface area (Å²) in [6.07, 6.45) is 3.02. The van der Waals surface area contributed by atoms with E-state index in [0.29, 0.717) is 11.6 Å². The molecule has 29 heavy (non-hydrogen) atoms. The van der Waals surface area contributed by atoms with Crippen molar-refractivity contribution in [1.82, 2.24) is 9.97 Å². The van der Waals surface area contributed by atoms with Crippen molar-refractivity contribution >= 4 is 49.9 Å². The first-order valence-electron chi connectivity index (χ1n) is 9.17. The highest BCUT2D eigenvalue weighted by Gasteiger charge is 2.20. The standard InChI is InChI=1S/C20H20IN5O2S/c21-16-6-8-19(9-7-16)29(27,28)24-17-14-22-20(23-15-17)26-12-10-25(11-13-26)18-4-2-1-3-5-18/h1-9,14-15,24H,10-13H2. The summed E-state index contributed by atoms with van der Waals surface area (Å²) in [7, 11) is -3.66. The molecule has 7 nitrogen and oxygen atoms in total. The van der Waals surface area contributed by atoms with Crippen LogP contribution in [0.5, 0.6) is 0 Å². The van der Waals surface area contributed by atoms with Crippen molar-refractivity contribution in [2.45, 2.75) is 4.90 Å². The van der Waals surface area contributed by atoms with Gasteiger partial charge >= 0.3 is 0 Å². The Hall–Kier alpha value is -2.40. The summed E-state index contributed by atoms with van der Waals surface area (Å²) in [6.45, 7) is 3.38. The summed E-state index contributed by atoms with van der Waals surface area (Å²) >= 11 is 2.13. The van der Waals surface area contributed by atoms with Gasteiger partial charge in [-0.3, -0.25) is 4.72 Å². The Morgan fingerprint density at radius 3 is 2.03 bits per heavy atom. The number of para-hydroxylation sites is 1. The number of anilines is 3. The number of piperazine rings is 1. The lowest BCUT2D eigenvalue weighted by Crippen LogP contribution is -2.47. The number of rotatable bonds is 5. The van der Waals surface area contributed by atoms with Crippen LogP contribution in [0.15, 0.2) is 71.9 Å². The van der Waals surface area contributed by atoms with Crippen LogP contribution in [0.4, 0.5) is 17.3 Å². The molecule has 150 valence electrons. The largest absolute Gasteiger partial charge is 0.368 e. The molecule has 0 unspecified atom stereocenters. The number of benzene rings is 2. The van der Waals surface area contributed by atoms with Crippen molar-refractivity contribution in [2.75, 3.05) is 40.7 Å². The normalized spacial score (nSPS) is 14.7. The Morgan fingerprint density at radius 1 is 0.828 bits per heavy atom. The number of sulfonamides is 1. The van der Waals surface area contributed by atoms with E-state index < -0.39 is 10.0 Å². The molecule has 1 saturated heterocycles. The number of halogens is 1. The first-order valence-corrected chi connectivity index (χ1v) is 11.7. The monoisotopic (exact) mass is 521 g/mol. The van der Waals surface area contributed by atoms with Gasteiger partial charge in [0, 0.05) is 35.4 Å². The molecule has 1 aromatic heterocycles. The topological polar surface area (TPSA) is 78.4 Å². The zero-order chi connectivity index (χ0) is 20.3. The molecule has 2 heterocycles. The fourth-order valence-corrected chi connectivity index (χ4v) is 4.56. The molecule has 0 spiro atoms. The third-order valence-corrected chi connectivity index (χ3v) is 6.81. The summed E-state index contributed by atoms with van der Waals surface area (Å²) < 4.78 is 28.5. The average molecular weight is 521 g/mol. The van der Waals surface area contributed by atoms with E-state index in [9.17, 15) is 8.42 Å². The zero-order valence-electron chi connectivity index (χ0n) is 15.6. The molecule has 1 aliphatic heterocycles. The fraction of sp³-hybridized carbons (Fsp3) is 0.200. The second kappa shape index (κ2) is 8.54. The number of nitrogens with one attached hydrogen (secondary N) is 1. The molecule has 0 radical (unpaired) electrons. The number of nitrogens with zero attached hydrogens (tertiary/aromatic N) is 4. The Labute approximate surface area is 184 Å². The number of hydrogen-bond donors (Lipinski definition) is 1. The third kappa shape index (κ3) is 4.78. The molecule has 1 fully saturated rings. The van der Waals surface area contributed by atoms with Gasteiger partial charge in [0.15, 0.2) is 0 Å². The van der Waals surface area contributed by atoms with E-state index in [4.69, 9.17) is 0 Å². The predicted octanol–water partition coefficient (Wildman–Crippen LogP) is 3.21. The van der Waals surface area contributed by atoms with Gasteiger partial charge < -0.3 is 9.80 Å². The Bertz CT molecular complexity index is 1050. The molecule has 0 atom stereocenters. The minimum absolute atomic E-state index is 0.207. The summed E-state index contributed by atoms with van der Waals surface area (Å²) in [5.74, 6) is 0.606. The summed E-state index contributed by atoms with van der Waals surface area (Å²) in [6, 6.07) is 17.0. The van der Waals surface area contributed by atoms with Crippen LogP contribution in [0, 0.1) is 3.57 Å². The van der Waals surface area contributed by atoms with Crippen LogP contribution in [0.1, 0.15) is 0 Å². The van der Waals surface area contributed by atoms with Gasteiger partial charge in [-0.1, -0.05) is 18.2 Å². The highest BCUT2D eigenvalue weighted by molar-refractivity contribution is 14.1. The summed E-state index contributed by atoms with van der Waals surface area (Å²) in [5, 5.41) is 0. The van der Waals surface area contributed by atoms with Gasteiger partial charge in [0.2, 0.25) is 5.95 Å². The van der Waals surface area contributed by atoms with E-state index in [2.05, 4.69) is 59.2 Å². The molecule has 4 rings (SSSR count). The maximum atomic E-state index is 12.5. The molecule has 9 heteroatoms. The van der Waals surface area contributed by atoms with Crippen LogP contribution < -0.4 is 14.5 Å². The van der Waals surface area contributed by atoms with Gasteiger partial charge in [-0.15, -0.1) is 0 Å². The number of aromatic nitrogens is 2. The van der Waals surface area contributed by atoms with Crippen LogP contribution in [0.25, 0.3) is 0 Å². The second-order valence-electron chi connectivity index (χ2n) is 6.64. The van der Waals surface area contributed by atoms with E-state index in [1.165, 1.54) is 18.1 Å². The summed E-state index contributed by atoms with van der Waals surface area (Å²) in [4.78, 5) is 13.4. The molecule has 3 aromatic rings. The molecule has 0 amide bonds. The molecule has 2 aromatic carbocycles. The van der Waals surface area contributed by atoms with Crippen LogP contribution in [-0.4, -0.2) is 44.6 Å². The number of hydrogen-bond acceptors (Lipinski definition) is 6. The third-order valence-electron chi connectivity index (χ3n) is 4.70. The molecule has 0 bridgehead atoms. The predicted molar refractivity (Wildman–Crippen MR) is 123 cm³/mol. The lowest BCUT2D eigenvalue weighted by atomic mass is 10.2. The van der Waals surface area contributed by atoms with Gasteiger partial charge in [0.25, 0.3) is 10.0 Å². The Morgan fingerprint density at radius 2 is 1.41 bits per heavy atom. The van der Waals surface area contributed by atoms with Crippen molar-refractivity contribution in [3.8, 4) is 0 Å².